The van der Waals surface area contributed by atoms with Crippen LogP contribution in [0.2, 0.25) is 0 Å². The maximum absolute atomic E-state index is 12.5. The maximum atomic E-state index is 12.5. The van der Waals surface area contributed by atoms with Crippen LogP contribution in [0.5, 0.6) is 0 Å². The molecule has 1 fully saturated rings. The van der Waals surface area contributed by atoms with Gasteiger partial charge >= 0.3 is 12.1 Å². The predicted molar refractivity (Wildman–Crippen MR) is 122 cm³/mol. The smallest absolute Gasteiger partial charge is 0.410 e. The molecule has 7 heteroatoms. The maximum Gasteiger partial charge on any atom is 0.410 e. The van der Waals surface area contributed by atoms with Gasteiger partial charge in [-0.05, 0) is 18.4 Å². The van der Waals surface area contributed by atoms with Crippen LogP contribution in [0.3, 0.4) is 0 Å². The van der Waals surface area contributed by atoms with Gasteiger partial charge in [0, 0.05) is 6.54 Å². The molecule has 1 aromatic rings. The van der Waals surface area contributed by atoms with Crippen molar-refractivity contribution in [3.63, 3.8) is 0 Å². The highest BCUT2D eigenvalue weighted by atomic mass is 16.6. The lowest BCUT2D eigenvalue weighted by Crippen LogP contribution is -2.39. The Kier molecular flexibility index (Phi) is 11.3. The lowest BCUT2D eigenvalue weighted by molar-refractivity contribution is -0.162. The summed E-state index contributed by atoms with van der Waals surface area (Å²) < 4.78 is 22.0. The minimum absolute atomic E-state index is 0.237. The number of carbonyl (C=O) groups excluding carboxylic acids is 2. The minimum atomic E-state index is -0.957. The summed E-state index contributed by atoms with van der Waals surface area (Å²) in [5.41, 5.74) is 0.965. The first-order chi connectivity index (χ1) is 15.6. The molecule has 32 heavy (non-hydrogen) atoms. The normalized spacial score (nSPS) is 18.1. The van der Waals surface area contributed by atoms with Crippen LogP contribution >= 0.6 is 0 Å². The lowest BCUT2D eigenvalue weighted by atomic mass is 10.1. The summed E-state index contributed by atoms with van der Waals surface area (Å²) >= 11 is 0. The molecule has 0 aliphatic carbocycles. The predicted octanol–water partition coefficient (Wildman–Crippen LogP) is 4.05. The van der Waals surface area contributed by atoms with Gasteiger partial charge in [-0.3, -0.25) is 4.90 Å². The van der Waals surface area contributed by atoms with Gasteiger partial charge in [-0.25, -0.2) is 9.59 Å². The molecule has 0 aromatic heterocycles. The fraction of sp³-hybridized carbons (Fsp3) is 0.440. The van der Waals surface area contributed by atoms with Crippen molar-refractivity contribution in [1.29, 1.82) is 0 Å². The number of carbonyl (C=O) groups is 2. The number of ether oxygens (including phenoxy) is 4. The van der Waals surface area contributed by atoms with Gasteiger partial charge in [0.2, 0.25) is 0 Å². The number of hydrogen-bond donors (Lipinski definition) is 0. The number of methoxy groups -OCH3 is 1. The van der Waals surface area contributed by atoms with E-state index in [2.05, 4.69) is 6.58 Å². The summed E-state index contributed by atoms with van der Waals surface area (Å²) in [7, 11) is 1.32. The van der Waals surface area contributed by atoms with Gasteiger partial charge in [0.15, 0.2) is 6.10 Å². The van der Waals surface area contributed by atoms with E-state index in [-0.39, 0.29) is 32.0 Å². The van der Waals surface area contributed by atoms with E-state index in [0.29, 0.717) is 13.0 Å². The largest absolute Gasteiger partial charge is 0.467 e. The molecule has 0 bridgehead atoms. The number of amides is 1. The highest BCUT2D eigenvalue weighted by molar-refractivity contribution is 5.75. The third kappa shape index (κ3) is 7.98. The third-order valence-corrected chi connectivity index (χ3v) is 4.90. The fourth-order valence-corrected chi connectivity index (χ4v) is 3.17. The third-order valence-electron chi connectivity index (χ3n) is 4.90. The van der Waals surface area contributed by atoms with Crippen LogP contribution in [0.15, 0.2) is 67.3 Å². The molecule has 1 saturated heterocycles. The zero-order valence-corrected chi connectivity index (χ0v) is 18.9. The van der Waals surface area contributed by atoms with Crippen LogP contribution in [0.1, 0.15) is 25.3 Å². The second kappa shape index (κ2) is 14.2. The van der Waals surface area contributed by atoms with E-state index in [1.165, 1.54) is 7.11 Å². The van der Waals surface area contributed by atoms with Gasteiger partial charge in [0.1, 0.15) is 12.7 Å². The van der Waals surface area contributed by atoms with Crippen LogP contribution in [0, 0.1) is 0 Å². The highest BCUT2D eigenvalue weighted by Gasteiger charge is 2.33. The van der Waals surface area contributed by atoms with Crippen molar-refractivity contribution in [2.24, 2.45) is 0 Å². The first kappa shape index (κ1) is 25.4. The molecule has 1 aromatic carbocycles. The van der Waals surface area contributed by atoms with Crippen LogP contribution < -0.4 is 0 Å². The van der Waals surface area contributed by atoms with Crippen molar-refractivity contribution in [3.8, 4) is 0 Å². The Labute approximate surface area is 190 Å². The fourth-order valence-electron chi connectivity index (χ4n) is 3.17. The van der Waals surface area contributed by atoms with Gasteiger partial charge in [0.25, 0.3) is 0 Å². The monoisotopic (exact) mass is 443 g/mol. The first-order valence-corrected chi connectivity index (χ1v) is 10.8. The van der Waals surface area contributed by atoms with Gasteiger partial charge in [-0.1, -0.05) is 67.6 Å². The minimum Gasteiger partial charge on any atom is -0.467 e. The molecule has 2 rings (SSSR count). The Morgan fingerprint density at radius 1 is 1.28 bits per heavy atom. The first-order valence-electron chi connectivity index (χ1n) is 10.8. The zero-order chi connectivity index (χ0) is 23.2. The van der Waals surface area contributed by atoms with Crippen molar-refractivity contribution in [2.75, 3.05) is 26.9 Å². The summed E-state index contributed by atoms with van der Waals surface area (Å²) in [6.07, 6.45) is 8.64. The van der Waals surface area contributed by atoms with Crippen molar-refractivity contribution in [2.45, 2.75) is 44.6 Å². The molecule has 174 valence electrons. The average Bonchev–Trinajstić information content (AvgIpc) is 3.17. The van der Waals surface area contributed by atoms with E-state index >= 15 is 0 Å². The molecule has 0 saturated carbocycles. The van der Waals surface area contributed by atoms with Crippen LogP contribution in [-0.2, 0) is 30.3 Å². The Morgan fingerprint density at radius 2 is 2.06 bits per heavy atom. The molecule has 7 nitrogen and oxygen atoms in total. The van der Waals surface area contributed by atoms with Gasteiger partial charge < -0.3 is 18.9 Å². The van der Waals surface area contributed by atoms with Crippen LogP contribution in [0.25, 0.3) is 0 Å². The molecule has 1 aliphatic heterocycles. The molecular weight excluding hydrogens is 410 g/mol. The quantitative estimate of drug-likeness (QED) is 0.319. The Morgan fingerprint density at radius 3 is 2.75 bits per heavy atom. The average molecular weight is 444 g/mol. The van der Waals surface area contributed by atoms with E-state index in [4.69, 9.17) is 18.9 Å². The molecule has 0 radical (unpaired) electrons. The highest BCUT2D eigenvalue weighted by Crippen LogP contribution is 2.17. The van der Waals surface area contributed by atoms with E-state index in [1.54, 1.807) is 17.1 Å². The topological polar surface area (TPSA) is 74.3 Å². The molecule has 1 aliphatic rings. The number of hydrogen-bond acceptors (Lipinski definition) is 6. The number of nitrogens with zero attached hydrogens (tertiary/aromatic N) is 1. The van der Waals surface area contributed by atoms with E-state index < -0.39 is 18.2 Å². The van der Waals surface area contributed by atoms with E-state index in [9.17, 15) is 9.59 Å². The molecule has 0 N–H and O–H groups in total. The number of rotatable bonds is 14. The molecule has 0 spiro atoms. The van der Waals surface area contributed by atoms with Crippen molar-refractivity contribution >= 4 is 12.1 Å². The number of cyclic esters (lactones) is 1. The standard InChI is InChI=1S/C25H33NO6/c1-4-6-11-17-30-23(24(27)29-3)22(31-18-20-12-9-8-10-13-20)15-14-21-19-32-25(28)26(21)16-7-5-2/h5-6,8-15,21-23H,2,4,7,16-19H2,1,3H3/b11-6+,15-14+/t21-,22+,23-/m0/s1. The summed E-state index contributed by atoms with van der Waals surface area (Å²) in [6, 6.07) is 9.40. The van der Waals surface area contributed by atoms with Gasteiger partial charge in [-0.2, -0.15) is 0 Å². The van der Waals surface area contributed by atoms with Crippen molar-refractivity contribution in [1.82, 2.24) is 4.90 Å². The van der Waals surface area contributed by atoms with Crippen molar-refractivity contribution in [3.05, 3.63) is 72.9 Å². The molecule has 1 heterocycles. The SMILES string of the molecule is C=CCCN1C(=O)OC[C@@H]1/C=C/[C@@H](OCc1ccccc1)[C@H](OC/C=C/CC)C(=O)OC. The van der Waals surface area contributed by atoms with Crippen molar-refractivity contribution < 1.29 is 28.5 Å². The summed E-state index contributed by atoms with van der Waals surface area (Å²) in [6.45, 7) is 7.01. The van der Waals surface area contributed by atoms with Crippen LogP contribution in [0.4, 0.5) is 4.79 Å². The molecule has 0 unspecified atom stereocenters. The summed E-state index contributed by atoms with van der Waals surface area (Å²) in [5, 5.41) is 0. The molecular formula is C25H33NO6. The molecule has 1 amide bonds. The Bertz CT molecular complexity index is 776. The second-order valence-corrected chi connectivity index (χ2v) is 7.22. The number of esters is 1. The lowest BCUT2D eigenvalue weighted by Gasteiger charge is -2.24. The number of allylic oxidation sites excluding steroid dienone is 1. The van der Waals surface area contributed by atoms with E-state index in [1.807, 2.05) is 55.5 Å². The summed E-state index contributed by atoms with van der Waals surface area (Å²) in [4.78, 5) is 26.2. The zero-order valence-electron chi connectivity index (χ0n) is 18.9. The van der Waals surface area contributed by atoms with Gasteiger partial charge in [0.05, 0.1) is 26.4 Å². The Hall–Kier alpha value is -2.90. The second-order valence-electron chi connectivity index (χ2n) is 7.22. The Balaban J connectivity index is 2.19. The number of benzene rings is 1. The van der Waals surface area contributed by atoms with E-state index in [0.717, 1.165) is 12.0 Å². The molecule has 3 atom stereocenters. The summed E-state index contributed by atoms with van der Waals surface area (Å²) in [5.74, 6) is -0.528. The van der Waals surface area contributed by atoms with Gasteiger partial charge in [-0.15, -0.1) is 6.58 Å². The van der Waals surface area contributed by atoms with Crippen LogP contribution in [-0.4, -0.2) is 62.1 Å².